The first-order valence-corrected chi connectivity index (χ1v) is 8.36. The number of carbonyl (C=O) groups is 1. The van der Waals surface area contributed by atoms with E-state index in [4.69, 9.17) is 9.47 Å². The summed E-state index contributed by atoms with van der Waals surface area (Å²) < 4.78 is 11.8. The fraction of sp³-hybridized carbons (Fsp3) is 0.947. The summed E-state index contributed by atoms with van der Waals surface area (Å²) in [6, 6.07) is 0. The average Bonchev–Trinajstić information content (AvgIpc) is 2.23. The molecule has 0 heterocycles. The lowest BCUT2D eigenvalue weighted by Gasteiger charge is -2.41. The highest BCUT2D eigenvalue weighted by atomic mass is 16.6. The van der Waals surface area contributed by atoms with E-state index < -0.39 is 5.60 Å². The van der Waals surface area contributed by atoms with Gasteiger partial charge in [-0.15, -0.1) is 0 Å². The summed E-state index contributed by atoms with van der Waals surface area (Å²) in [7, 11) is 0. The molecule has 0 fully saturated rings. The summed E-state index contributed by atoms with van der Waals surface area (Å²) in [4.78, 5) is 12.2. The van der Waals surface area contributed by atoms with Crippen molar-refractivity contribution < 1.29 is 14.3 Å². The van der Waals surface area contributed by atoms with Gasteiger partial charge in [0.25, 0.3) is 0 Å². The third-order valence-electron chi connectivity index (χ3n) is 5.02. The van der Waals surface area contributed by atoms with Crippen molar-refractivity contribution in [3.8, 4) is 0 Å². The summed E-state index contributed by atoms with van der Waals surface area (Å²) in [5, 5.41) is 0. The normalized spacial score (nSPS) is 14.4. The van der Waals surface area contributed by atoms with E-state index in [9.17, 15) is 4.79 Å². The van der Waals surface area contributed by atoms with Crippen molar-refractivity contribution in [2.24, 2.45) is 16.7 Å². The predicted octanol–water partition coefficient (Wildman–Crippen LogP) is 5.22. The van der Waals surface area contributed by atoms with Crippen LogP contribution in [0.25, 0.3) is 0 Å². The van der Waals surface area contributed by atoms with Gasteiger partial charge in [0, 0.05) is 0 Å². The first-order valence-electron chi connectivity index (χ1n) is 8.36. The summed E-state index contributed by atoms with van der Waals surface area (Å²) in [6.45, 7) is 23.4. The van der Waals surface area contributed by atoms with Crippen LogP contribution in [0.4, 0.5) is 0 Å². The molecule has 0 aromatic rings. The zero-order valence-electron chi connectivity index (χ0n) is 16.7. The summed E-state index contributed by atoms with van der Waals surface area (Å²) >= 11 is 0. The van der Waals surface area contributed by atoms with Crippen LogP contribution in [0.3, 0.4) is 0 Å². The Kier molecular flexibility index (Phi) is 6.72. The molecule has 0 rings (SSSR count). The van der Waals surface area contributed by atoms with Crippen LogP contribution in [0.5, 0.6) is 0 Å². The van der Waals surface area contributed by atoms with Gasteiger partial charge in [-0.25, -0.2) is 0 Å². The molecular formula is C19H38O3. The van der Waals surface area contributed by atoms with Gasteiger partial charge in [0.1, 0.15) is 5.60 Å². The number of hydrogen-bond acceptors (Lipinski definition) is 3. The molecule has 0 spiro atoms. The van der Waals surface area contributed by atoms with Gasteiger partial charge >= 0.3 is 5.97 Å². The molecule has 0 amide bonds. The van der Waals surface area contributed by atoms with Crippen LogP contribution in [0.15, 0.2) is 0 Å². The molecule has 3 heteroatoms. The Hall–Kier alpha value is -0.570. The molecule has 3 nitrogen and oxygen atoms in total. The van der Waals surface area contributed by atoms with E-state index in [2.05, 4.69) is 62.3 Å². The molecule has 22 heavy (non-hydrogen) atoms. The van der Waals surface area contributed by atoms with E-state index in [1.165, 1.54) is 0 Å². The lowest BCUT2D eigenvalue weighted by Crippen LogP contribution is -2.42. The SMILES string of the molecule is CC(C)C(C)(C)OC(=O)CC(C)(C)COC(C)(C)C(C)(C)C. The minimum absolute atomic E-state index is 0.0449. The predicted molar refractivity (Wildman–Crippen MR) is 92.9 cm³/mol. The van der Waals surface area contributed by atoms with E-state index in [1.807, 2.05) is 13.8 Å². The van der Waals surface area contributed by atoms with Gasteiger partial charge in [0.15, 0.2) is 0 Å². The lowest BCUT2D eigenvalue weighted by atomic mass is 9.78. The fourth-order valence-electron chi connectivity index (χ4n) is 1.48. The van der Waals surface area contributed by atoms with E-state index in [1.54, 1.807) is 0 Å². The van der Waals surface area contributed by atoms with Gasteiger partial charge in [-0.2, -0.15) is 0 Å². The second-order valence-electron chi connectivity index (χ2n) is 9.62. The van der Waals surface area contributed by atoms with E-state index in [0.717, 1.165) is 0 Å². The molecule has 0 saturated heterocycles. The van der Waals surface area contributed by atoms with Crippen LogP contribution in [0.1, 0.15) is 82.6 Å². The largest absolute Gasteiger partial charge is 0.459 e. The number of rotatable bonds is 7. The highest BCUT2D eigenvalue weighted by molar-refractivity contribution is 5.70. The molecule has 0 N–H and O–H groups in total. The van der Waals surface area contributed by atoms with E-state index in [-0.39, 0.29) is 28.3 Å². The number of esters is 1. The highest BCUT2D eigenvalue weighted by Crippen LogP contribution is 2.35. The van der Waals surface area contributed by atoms with Crippen molar-refractivity contribution in [3.63, 3.8) is 0 Å². The van der Waals surface area contributed by atoms with Crippen LogP contribution in [-0.2, 0) is 14.3 Å². The molecular weight excluding hydrogens is 276 g/mol. The molecule has 0 aromatic heterocycles. The Bertz CT molecular complexity index is 371. The highest BCUT2D eigenvalue weighted by Gasteiger charge is 2.36. The van der Waals surface area contributed by atoms with Crippen LogP contribution in [-0.4, -0.2) is 23.8 Å². The van der Waals surface area contributed by atoms with Crippen LogP contribution in [0, 0.1) is 16.7 Å². The molecule has 0 aliphatic rings. The Morgan fingerprint density at radius 3 is 1.73 bits per heavy atom. The molecule has 0 bridgehead atoms. The number of hydrogen-bond donors (Lipinski definition) is 0. The minimum Gasteiger partial charge on any atom is -0.459 e. The Morgan fingerprint density at radius 2 is 1.36 bits per heavy atom. The second kappa shape index (κ2) is 6.90. The average molecular weight is 315 g/mol. The Morgan fingerprint density at radius 1 is 0.909 bits per heavy atom. The monoisotopic (exact) mass is 314 g/mol. The van der Waals surface area contributed by atoms with E-state index >= 15 is 0 Å². The topological polar surface area (TPSA) is 35.5 Å². The van der Waals surface area contributed by atoms with Crippen molar-refractivity contribution in [2.75, 3.05) is 6.61 Å². The van der Waals surface area contributed by atoms with Crippen LogP contribution in [0.2, 0.25) is 0 Å². The molecule has 0 aliphatic heterocycles. The minimum atomic E-state index is -0.432. The van der Waals surface area contributed by atoms with Crippen molar-refractivity contribution in [1.82, 2.24) is 0 Å². The molecule has 0 saturated carbocycles. The van der Waals surface area contributed by atoms with Crippen LogP contribution < -0.4 is 0 Å². The first kappa shape index (κ1) is 21.4. The summed E-state index contributed by atoms with van der Waals surface area (Å²) in [6.07, 6.45) is 0.364. The maximum atomic E-state index is 12.2. The summed E-state index contributed by atoms with van der Waals surface area (Å²) in [5.74, 6) is 0.136. The third kappa shape index (κ3) is 6.68. The van der Waals surface area contributed by atoms with Gasteiger partial charge < -0.3 is 9.47 Å². The van der Waals surface area contributed by atoms with Crippen molar-refractivity contribution in [2.45, 2.75) is 93.8 Å². The first-order chi connectivity index (χ1) is 9.50. The number of carbonyl (C=O) groups excluding carboxylic acids is 1. The molecule has 0 aromatic carbocycles. The zero-order chi connectivity index (χ0) is 18.0. The smallest absolute Gasteiger partial charge is 0.306 e. The fourth-order valence-corrected chi connectivity index (χ4v) is 1.48. The third-order valence-corrected chi connectivity index (χ3v) is 5.02. The molecule has 0 atom stereocenters. The van der Waals surface area contributed by atoms with E-state index in [0.29, 0.717) is 13.0 Å². The van der Waals surface area contributed by atoms with Crippen LogP contribution >= 0.6 is 0 Å². The standard InChI is InChI=1S/C19H38O3/c1-14(2)18(8,9)22-15(20)12-17(6,7)13-21-19(10,11)16(3,4)5/h14H,12-13H2,1-11H3. The van der Waals surface area contributed by atoms with Crippen molar-refractivity contribution >= 4 is 5.97 Å². The van der Waals surface area contributed by atoms with Gasteiger partial charge in [0.05, 0.1) is 18.6 Å². The zero-order valence-corrected chi connectivity index (χ0v) is 16.7. The number of ether oxygens (including phenoxy) is 2. The summed E-state index contributed by atoms with van der Waals surface area (Å²) in [5.41, 5.74) is -0.875. The Balaban J connectivity index is 4.63. The Labute approximate surface area is 138 Å². The van der Waals surface area contributed by atoms with Crippen molar-refractivity contribution in [1.29, 1.82) is 0 Å². The molecule has 0 radical (unpaired) electrons. The van der Waals surface area contributed by atoms with Gasteiger partial charge in [-0.3, -0.25) is 4.79 Å². The second-order valence-corrected chi connectivity index (χ2v) is 9.62. The van der Waals surface area contributed by atoms with Crippen molar-refractivity contribution in [3.05, 3.63) is 0 Å². The molecule has 0 aliphatic carbocycles. The lowest BCUT2D eigenvalue weighted by molar-refractivity contribution is -0.166. The maximum absolute atomic E-state index is 12.2. The van der Waals surface area contributed by atoms with Gasteiger partial charge in [-0.05, 0) is 44.4 Å². The van der Waals surface area contributed by atoms with Gasteiger partial charge in [-0.1, -0.05) is 48.5 Å². The van der Waals surface area contributed by atoms with Gasteiger partial charge in [0.2, 0.25) is 0 Å². The molecule has 132 valence electrons. The quantitative estimate of drug-likeness (QED) is 0.604. The maximum Gasteiger partial charge on any atom is 0.306 e. The molecule has 0 unspecified atom stereocenters.